The molecule has 0 bridgehead atoms. The van der Waals surface area contributed by atoms with Gasteiger partial charge >= 0.3 is 0 Å². The number of benzene rings is 1. The van der Waals surface area contributed by atoms with Gasteiger partial charge in [-0.3, -0.25) is 9.36 Å². The Morgan fingerprint density at radius 2 is 1.89 bits per heavy atom. The summed E-state index contributed by atoms with van der Waals surface area (Å²) in [4.78, 5) is 10.4. The Balaban J connectivity index is 1.98. The van der Waals surface area contributed by atoms with E-state index in [0.29, 0.717) is 6.29 Å². The molecule has 1 aromatic carbocycles. The van der Waals surface area contributed by atoms with Crippen molar-refractivity contribution in [3.63, 3.8) is 0 Å². The number of aromatic hydroxyl groups is 2. The maximum absolute atomic E-state index is 13.5. The summed E-state index contributed by atoms with van der Waals surface area (Å²) in [6.45, 7) is 0.229. The summed E-state index contributed by atoms with van der Waals surface area (Å²) in [5, 5.41) is 18.8. The van der Waals surface area contributed by atoms with E-state index in [9.17, 15) is 19.4 Å². The molecule has 1 aromatic heterocycles. The molecule has 0 saturated carbocycles. The van der Waals surface area contributed by atoms with E-state index in [4.69, 9.17) is 4.74 Å². The lowest BCUT2D eigenvalue weighted by atomic mass is 10.2. The fourth-order valence-corrected chi connectivity index (χ4v) is 1.63. The van der Waals surface area contributed by atoms with E-state index >= 15 is 0 Å². The van der Waals surface area contributed by atoms with E-state index in [1.807, 2.05) is 0 Å². The fraction of sp³-hybridized carbons (Fsp3) is 0.154. The molecular formula is C13H12FNO4. The lowest BCUT2D eigenvalue weighted by molar-refractivity contribution is 0.112. The zero-order valence-corrected chi connectivity index (χ0v) is 9.91. The molecule has 0 atom stereocenters. The van der Waals surface area contributed by atoms with Crippen molar-refractivity contribution in [1.29, 1.82) is 0 Å². The molecule has 0 aliphatic rings. The van der Waals surface area contributed by atoms with Crippen LogP contribution < -0.4 is 4.74 Å². The zero-order chi connectivity index (χ0) is 13.8. The Bertz CT molecular complexity index is 575. The Labute approximate surface area is 108 Å². The standard InChI is InChI=1S/C13H12FNO4/c14-10-7-9(8-16)1-2-11(10)19-6-5-15-12(17)3-4-13(15)18/h1-4,7-8,17-18H,5-6H2. The lowest BCUT2D eigenvalue weighted by Gasteiger charge is -2.09. The molecule has 0 aliphatic heterocycles. The Hall–Kier alpha value is -2.50. The first-order valence-electron chi connectivity index (χ1n) is 5.57. The van der Waals surface area contributed by atoms with Crippen LogP contribution in [0.4, 0.5) is 4.39 Å². The molecular weight excluding hydrogens is 253 g/mol. The summed E-state index contributed by atoms with van der Waals surface area (Å²) in [6, 6.07) is 6.56. The van der Waals surface area contributed by atoms with E-state index in [1.165, 1.54) is 28.8 Å². The van der Waals surface area contributed by atoms with Crippen molar-refractivity contribution in [2.45, 2.75) is 6.54 Å². The van der Waals surface area contributed by atoms with Gasteiger partial charge in [-0.25, -0.2) is 4.39 Å². The van der Waals surface area contributed by atoms with E-state index in [1.54, 1.807) is 0 Å². The minimum absolute atomic E-state index is 0.0109. The van der Waals surface area contributed by atoms with Crippen molar-refractivity contribution >= 4 is 6.29 Å². The average Bonchev–Trinajstić information content (AvgIpc) is 2.72. The number of aromatic nitrogens is 1. The Morgan fingerprint density at radius 3 is 2.47 bits per heavy atom. The first-order chi connectivity index (χ1) is 9.11. The van der Waals surface area contributed by atoms with Crippen LogP contribution in [-0.4, -0.2) is 27.7 Å². The van der Waals surface area contributed by atoms with Gasteiger partial charge in [-0.15, -0.1) is 0 Å². The normalized spacial score (nSPS) is 10.4. The quantitative estimate of drug-likeness (QED) is 0.810. The highest BCUT2D eigenvalue weighted by molar-refractivity contribution is 5.74. The van der Waals surface area contributed by atoms with Crippen LogP contribution in [-0.2, 0) is 6.54 Å². The second-order valence-corrected chi connectivity index (χ2v) is 3.86. The van der Waals surface area contributed by atoms with Gasteiger partial charge in [0.15, 0.2) is 23.3 Å². The predicted molar refractivity (Wildman–Crippen MR) is 65.0 cm³/mol. The maximum atomic E-state index is 13.5. The number of nitrogens with zero attached hydrogens (tertiary/aromatic N) is 1. The van der Waals surface area contributed by atoms with Crippen LogP contribution in [0.15, 0.2) is 30.3 Å². The summed E-state index contributed by atoms with van der Waals surface area (Å²) >= 11 is 0. The zero-order valence-electron chi connectivity index (χ0n) is 9.91. The van der Waals surface area contributed by atoms with Gasteiger partial charge in [0.25, 0.3) is 0 Å². The summed E-state index contributed by atoms with van der Waals surface area (Å²) in [6.07, 6.45) is 0.544. The van der Waals surface area contributed by atoms with Crippen LogP contribution in [0.5, 0.6) is 17.5 Å². The first-order valence-corrected chi connectivity index (χ1v) is 5.57. The largest absolute Gasteiger partial charge is 0.494 e. The van der Waals surface area contributed by atoms with Crippen LogP contribution in [0.2, 0.25) is 0 Å². The van der Waals surface area contributed by atoms with E-state index in [0.717, 1.165) is 6.07 Å². The lowest BCUT2D eigenvalue weighted by Crippen LogP contribution is -2.08. The van der Waals surface area contributed by atoms with Crippen LogP contribution in [0.1, 0.15) is 10.4 Å². The number of ether oxygens (including phenoxy) is 1. The van der Waals surface area contributed by atoms with Crippen molar-refractivity contribution < 1.29 is 24.1 Å². The molecule has 1 heterocycles. The van der Waals surface area contributed by atoms with Crippen LogP contribution in [0.25, 0.3) is 0 Å². The van der Waals surface area contributed by atoms with Crippen molar-refractivity contribution in [2.24, 2.45) is 0 Å². The number of halogens is 1. The minimum atomic E-state index is -0.634. The maximum Gasteiger partial charge on any atom is 0.193 e. The van der Waals surface area contributed by atoms with E-state index < -0.39 is 5.82 Å². The second kappa shape index (κ2) is 5.43. The topological polar surface area (TPSA) is 71.7 Å². The number of rotatable bonds is 5. The molecule has 0 spiro atoms. The van der Waals surface area contributed by atoms with Crippen LogP contribution in [0, 0.1) is 5.82 Å². The average molecular weight is 265 g/mol. The summed E-state index contributed by atoms with van der Waals surface area (Å²) in [7, 11) is 0. The Morgan fingerprint density at radius 1 is 1.21 bits per heavy atom. The molecule has 2 aromatic rings. The number of carbonyl (C=O) groups excluding carboxylic acids is 1. The molecule has 6 heteroatoms. The van der Waals surface area contributed by atoms with Crippen LogP contribution in [0.3, 0.4) is 0 Å². The predicted octanol–water partition coefficient (Wildman–Crippen LogP) is 1.93. The molecule has 0 aliphatic carbocycles. The van der Waals surface area contributed by atoms with Gasteiger partial charge < -0.3 is 14.9 Å². The minimum Gasteiger partial charge on any atom is -0.494 e. The Kier molecular flexibility index (Phi) is 3.70. The van der Waals surface area contributed by atoms with E-state index in [-0.39, 0.29) is 36.2 Å². The highest BCUT2D eigenvalue weighted by Gasteiger charge is 2.07. The third kappa shape index (κ3) is 2.85. The van der Waals surface area contributed by atoms with Gasteiger partial charge in [-0.05, 0) is 18.2 Å². The highest BCUT2D eigenvalue weighted by atomic mass is 19.1. The summed E-state index contributed by atoms with van der Waals surface area (Å²) in [5.74, 6) is -0.821. The molecule has 100 valence electrons. The third-order valence-corrected chi connectivity index (χ3v) is 2.60. The number of hydrogen-bond donors (Lipinski definition) is 2. The van der Waals surface area contributed by atoms with Gasteiger partial charge in [-0.2, -0.15) is 0 Å². The van der Waals surface area contributed by atoms with Gasteiger partial charge in [0.05, 0.1) is 6.54 Å². The van der Waals surface area contributed by atoms with Crippen molar-refractivity contribution in [3.05, 3.63) is 41.7 Å². The molecule has 2 rings (SSSR count). The molecule has 0 fully saturated rings. The highest BCUT2D eigenvalue weighted by Crippen LogP contribution is 2.21. The fourth-order valence-electron chi connectivity index (χ4n) is 1.63. The first kappa shape index (κ1) is 12.9. The van der Waals surface area contributed by atoms with Gasteiger partial charge in [0.1, 0.15) is 12.9 Å². The molecule has 0 unspecified atom stereocenters. The smallest absolute Gasteiger partial charge is 0.193 e. The molecule has 0 amide bonds. The van der Waals surface area contributed by atoms with Gasteiger partial charge in [0.2, 0.25) is 0 Å². The van der Waals surface area contributed by atoms with Gasteiger partial charge in [0, 0.05) is 17.7 Å². The molecule has 19 heavy (non-hydrogen) atoms. The SMILES string of the molecule is O=Cc1ccc(OCCn2c(O)ccc2O)c(F)c1. The number of carbonyl (C=O) groups is 1. The molecule has 5 nitrogen and oxygen atoms in total. The monoisotopic (exact) mass is 265 g/mol. The molecule has 2 N–H and O–H groups in total. The number of hydrogen-bond acceptors (Lipinski definition) is 4. The van der Waals surface area contributed by atoms with Crippen molar-refractivity contribution in [1.82, 2.24) is 4.57 Å². The molecule has 0 radical (unpaired) electrons. The summed E-state index contributed by atoms with van der Waals surface area (Å²) in [5.41, 5.74) is 0.227. The summed E-state index contributed by atoms with van der Waals surface area (Å²) < 4.78 is 19.9. The second-order valence-electron chi connectivity index (χ2n) is 3.86. The van der Waals surface area contributed by atoms with Crippen molar-refractivity contribution in [2.75, 3.05) is 6.61 Å². The van der Waals surface area contributed by atoms with Crippen LogP contribution >= 0.6 is 0 Å². The third-order valence-electron chi connectivity index (χ3n) is 2.60. The number of aldehydes is 1. The van der Waals surface area contributed by atoms with Gasteiger partial charge in [-0.1, -0.05) is 0 Å². The van der Waals surface area contributed by atoms with E-state index in [2.05, 4.69) is 0 Å². The van der Waals surface area contributed by atoms with Crippen molar-refractivity contribution in [3.8, 4) is 17.5 Å². The molecule has 0 saturated heterocycles.